The molecule has 0 heterocycles. The molecule has 0 radical (unpaired) electrons. The minimum Gasteiger partial charge on any atom is -0.375 e. The largest absolute Gasteiger partial charge is 0.375 e. The average Bonchev–Trinajstić information content (AvgIpc) is 2.56. The molecule has 0 aliphatic heterocycles. The molecule has 0 spiro atoms. The number of nitrogens with one attached hydrogen (secondary N) is 1. The van der Waals surface area contributed by atoms with Crippen LogP contribution in [-0.2, 0) is 0 Å². The highest BCUT2D eigenvalue weighted by atomic mass is 16.6. The van der Waals surface area contributed by atoms with Crippen LogP contribution in [0.25, 0.3) is 11.3 Å². The Morgan fingerprint density at radius 1 is 1.05 bits per heavy atom. The lowest BCUT2D eigenvalue weighted by Gasteiger charge is -2.12. The van der Waals surface area contributed by atoms with Crippen LogP contribution in [0.3, 0.4) is 0 Å². The number of nitro groups is 1. The Morgan fingerprint density at radius 3 is 2.09 bits per heavy atom. The molecule has 4 nitrogen and oxygen atoms in total. The van der Waals surface area contributed by atoms with Crippen LogP contribution >= 0.6 is 0 Å². The van der Waals surface area contributed by atoms with Crippen molar-refractivity contribution in [2.24, 2.45) is 0 Å². The van der Waals surface area contributed by atoms with E-state index in [1.807, 2.05) is 73.7 Å². The maximum atomic E-state index is 10.8. The Hall–Kier alpha value is -2.88. The molecule has 2 aromatic carbocycles. The van der Waals surface area contributed by atoms with Gasteiger partial charge in [0, 0.05) is 12.1 Å². The Kier molecular flexibility index (Phi) is 5.49. The van der Waals surface area contributed by atoms with Gasteiger partial charge in [-0.2, -0.15) is 0 Å². The minimum atomic E-state index is -0.437. The van der Waals surface area contributed by atoms with E-state index >= 15 is 0 Å². The van der Waals surface area contributed by atoms with Crippen molar-refractivity contribution < 1.29 is 4.92 Å². The second-order valence-electron chi connectivity index (χ2n) is 4.73. The highest BCUT2D eigenvalue weighted by molar-refractivity contribution is 5.70. The Morgan fingerprint density at radius 2 is 1.59 bits per heavy atom. The van der Waals surface area contributed by atoms with Gasteiger partial charge in [-0.3, -0.25) is 10.1 Å². The van der Waals surface area contributed by atoms with Gasteiger partial charge in [0.2, 0.25) is 0 Å². The first kappa shape index (κ1) is 15.5. The summed E-state index contributed by atoms with van der Waals surface area (Å²) in [6, 6.07) is 19.3. The molecule has 0 fully saturated rings. The van der Waals surface area contributed by atoms with Crippen molar-refractivity contribution in [2.75, 3.05) is 6.54 Å². The van der Waals surface area contributed by atoms with E-state index < -0.39 is 4.92 Å². The molecule has 2 aromatic rings. The number of rotatable bonds is 6. The quantitative estimate of drug-likeness (QED) is 0.648. The average molecular weight is 294 g/mol. The molecule has 0 amide bonds. The molecule has 0 saturated heterocycles. The topological polar surface area (TPSA) is 55.2 Å². The zero-order chi connectivity index (χ0) is 15.8. The summed E-state index contributed by atoms with van der Waals surface area (Å²) in [5.74, 6) is 0. The standard InChI is InChI=1S/C18H18N2O2/c1-2-15(16-9-5-3-6-10-16)13-19-18(14-20(21)22)17-11-7-4-8-12-17/h2-12,14,19H,13H2,1H3/b15-2-,18-14+. The number of benzene rings is 2. The highest BCUT2D eigenvalue weighted by Gasteiger charge is 2.07. The van der Waals surface area contributed by atoms with Crippen molar-refractivity contribution in [1.29, 1.82) is 0 Å². The van der Waals surface area contributed by atoms with Crippen LogP contribution in [0.2, 0.25) is 0 Å². The molecule has 0 unspecified atom stereocenters. The Balaban J connectivity index is 2.17. The summed E-state index contributed by atoms with van der Waals surface area (Å²) >= 11 is 0. The van der Waals surface area contributed by atoms with Gasteiger partial charge in [-0.05, 0) is 18.1 Å². The first-order chi connectivity index (χ1) is 10.7. The molecular weight excluding hydrogens is 276 g/mol. The Bertz CT molecular complexity index is 677. The predicted molar refractivity (Wildman–Crippen MR) is 89.5 cm³/mol. The van der Waals surface area contributed by atoms with Crippen molar-refractivity contribution in [3.8, 4) is 0 Å². The number of hydrogen-bond acceptors (Lipinski definition) is 3. The first-order valence-corrected chi connectivity index (χ1v) is 7.06. The van der Waals surface area contributed by atoms with Gasteiger partial charge in [0.1, 0.15) is 5.70 Å². The number of hydrogen-bond donors (Lipinski definition) is 1. The van der Waals surface area contributed by atoms with Gasteiger partial charge in [-0.25, -0.2) is 0 Å². The monoisotopic (exact) mass is 294 g/mol. The Labute approximate surface area is 130 Å². The van der Waals surface area contributed by atoms with E-state index in [0.717, 1.165) is 22.9 Å². The van der Waals surface area contributed by atoms with Crippen LogP contribution in [0.15, 0.2) is 72.9 Å². The van der Waals surface area contributed by atoms with E-state index in [0.29, 0.717) is 12.2 Å². The zero-order valence-corrected chi connectivity index (χ0v) is 12.4. The summed E-state index contributed by atoms with van der Waals surface area (Å²) in [4.78, 5) is 10.4. The molecule has 0 aliphatic carbocycles. The van der Waals surface area contributed by atoms with E-state index in [1.54, 1.807) is 0 Å². The molecule has 0 aliphatic rings. The summed E-state index contributed by atoms with van der Waals surface area (Å²) in [6.45, 7) is 2.48. The molecule has 4 heteroatoms. The van der Waals surface area contributed by atoms with Crippen molar-refractivity contribution in [2.45, 2.75) is 6.92 Å². The molecule has 0 atom stereocenters. The van der Waals surface area contributed by atoms with Crippen molar-refractivity contribution in [3.05, 3.63) is 94.2 Å². The third-order valence-corrected chi connectivity index (χ3v) is 3.28. The van der Waals surface area contributed by atoms with Crippen molar-refractivity contribution in [3.63, 3.8) is 0 Å². The summed E-state index contributed by atoms with van der Waals surface area (Å²) in [6.07, 6.45) is 3.02. The summed E-state index contributed by atoms with van der Waals surface area (Å²) in [5, 5.41) is 14.0. The van der Waals surface area contributed by atoms with Gasteiger partial charge < -0.3 is 5.32 Å². The van der Waals surface area contributed by atoms with E-state index in [1.165, 1.54) is 0 Å². The van der Waals surface area contributed by atoms with Crippen LogP contribution < -0.4 is 5.32 Å². The lowest BCUT2D eigenvalue weighted by molar-refractivity contribution is -0.401. The number of allylic oxidation sites excluding steroid dienone is 1. The molecule has 0 bridgehead atoms. The fourth-order valence-corrected chi connectivity index (χ4v) is 2.16. The summed E-state index contributed by atoms with van der Waals surface area (Å²) in [7, 11) is 0. The van der Waals surface area contributed by atoms with E-state index in [2.05, 4.69) is 5.32 Å². The minimum absolute atomic E-state index is 0.437. The van der Waals surface area contributed by atoms with Gasteiger partial charge in [0.05, 0.1) is 4.92 Å². The first-order valence-electron chi connectivity index (χ1n) is 7.06. The van der Waals surface area contributed by atoms with Crippen LogP contribution in [0.4, 0.5) is 0 Å². The third kappa shape index (κ3) is 4.31. The van der Waals surface area contributed by atoms with Gasteiger partial charge in [0.25, 0.3) is 6.20 Å². The number of nitrogens with zero attached hydrogens (tertiary/aromatic N) is 1. The second kappa shape index (κ2) is 7.78. The van der Waals surface area contributed by atoms with Gasteiger partial charge in [0.15, 0.2) is 0 Å². The maximum absolute atomic E-state index is 10.8. The lowest BCUT2D eigenvalue weighted by Crippen LogP contribution is -2.16. The third-order valence-electron chi connectivity index (χ3n) is 3.28. The van der Waals surface area contributed by atoms with Crippen molar-refractivity contribution >= 4 is 11.3 Å². The molecular formula is C18H18N2O2. The summed E-state index contributed by atoms with van der Waals surface area (Å²) in [5.41, 5.74) is 3.49. The van der Waals surface area contributed by atoms with E-state index in [9.17, 15) is 10.1 Å². The molecule has 0 saturated carbocycles. The highest BCUT2D eigenvalue weighted by Crippen LogP contribution is 2.16. The fraction of sp³-hybridized carbons (Fsp3) is 0.111. The van der Waals surface area contributed by atoms with Crippen LogP contribution in [0, 0.1) is 10.1 Å². The van der Waals surface area contributed by atoms with Gasteiger partial charge in [-0.15, -0.1) is 0 Å². The zero-order valence-electron chi connectivity index (χ0n) is 12.4. The smallest absolute Gasteiger partial charge is 0.258 e. The normalized spacial score (nSPS) is 12.0. The molecule has 22 heavy (non-hydrogen) atoms. The molecule has 0 aromatic heterocycles. The van der Waals surface area contributed by atoms with Gasteiger partial charge >= 0.3 is 0 Å². The van der Waals surface area contributed by atoms with Crippen LogP contribution in [0.5, 0.6) is 0 Å². The maximum Gasteiger partial charge on any atom is 0.258 e. The van der Waals surface area contributed by atoms with E-state index in [-0.39, 0.29) is 0 Å². The lowest BCUT2D eigenvalue weighted by atomic mass is 10.1. The molecule has 112 valence electrons. The second-order valence-corrected chi connectivity index (χ2v) is 4.73. The summed E-state index contributed by atoms with van der Waals surface area (Å²) < 4.78 is 0. The predicted octanol–water partition coefficient (Wildman–Crippen LogP) is 3.95. The van der Waals surface area contributed by atoms with Gasteiger partial charge in [-0.1, -0.05) is 66.7 Å². The van der Waals surface area contributed by atoms with E-state index in [4.69, 9.17) is 0 Å². The van der Waals surface area contributed by atoms with Crippen molar-refractivity contribution in [1.82, 2.24) is 5.32 Å². The SMILES string of the molecule is C/C=C(/CN/C(=C/[N+](=O)[O-])c1ccccc1)c1ccccc1. The molecule has 1 N–H and O–H groups in total. The van der Waals surface area contributed by atoms with Crippen LogP contribution in [0.1, 0.15) is 18.1 Å². The fourth-order valence-electron chi connectivity index (χ4n) is 2.16. The molecule has 2 rings (SSSR count). The van der Waals surface area contributed by atoms with Crippen LogP contribution in [-0.4, -0.2) is 11.5 Å².